The Morgan fingerprint density at radius 3 is 3.00 bits per heavy atom. The number of nitrogens with zero attached hydrogens (tertiary/aromatic N) is 1. The van der Waals surface area contributed by atoms with Crippen LogP contribution in [0.4, 0.5) is 4.39 Å². The lowest BCUT2D eigenvalue weighted by Crippen LogP contribution is -2.39. The van der Waals surface area contributed by atoms with Crippen molar-refractivity contribution in [1.82, 2.24) is 10.3 Å². The third-order valence-corrected chi connectivity index (χ3v) is 4.18. The van der Waals surface area contributed by atoms with E-state index in [1.54, 1.807) is 6.07 Å². The van der Waals surface area contributed by atoms with Crippen LogP contribution in [0.3, 0.4) is 0 Å². The lowest BCUT2D eigenvalue weighted by atomic mass is 9.97. The quantitative estimate of drug-likeness (QED) is 0.498. The number of hydrazine groups is 1. The van der Waals surface area contributed by atoms with E-state index >= 15 is 0 Å². The summed E-state index contributed by atoms with van der Waals surface area (Å²) in [5.41, 5.74) is 3.06. The van der Waals surface area contributed by atoms with E-state index in [9.17, 15) is 9.18 Å². The van der Waals surface area contributed by atoms with E-state index in [1.165, 1.54) is 25.0 Å². The molecule has 1 atom stereocenters. The summed E-state index contributed by atoms with van der Waals surface area (Å²) >= 11 is 0. The molecule has 1 saturated heterocycles. The predicted octanol–water partition coefficient (Wildman–Crippen LogP) is 2.58. The van der Waals surface area contributed by atoms with Crippen LogP contribution in [0.15, 0.2) is 18.2 Å². The number of nitrogen functional groups attached to an aromatic ring is 1. The van der Waals surface area contributed by atoms with E-state index in [2.05, 4.69) is 17.2 Å². The minimum absolute atomic E-state index is 0.260. The van der Waals surface area contributed by atoms with Crippen molar-refractivity contribution >= 4 is 5.91 Å². The number of benzene rings is 1. The van der Waals surface area contributed by atoms with E-state index in [0.717, 1.165) is 25.8 Å². The first-order valence-electron chi connectivity index (χ1n) is 7.69. The number of piperidine rings is 1. The molecule has 1 aromatic carbocycles. The molecule has 0 aromatic heterocycles. The maximum absolute atomic E-state index is 14.0. The molecule has 116 valence electrons. The molecule has 1 fully saturated rings. The maximum atomic E-state index is 14.0. The summed E-state index contributed by atoms with van der Waals surface area (Å²) < 4.78 is 14.0. The van der Waals surface area contributed by atoms with Crippen LogP contribution in [-0.2, 0) is 6.54 Å². The number of hydrogen-bond acceptors (Lipinski definition) is 3. The van der Waals surface area contributed by atoms with Crippen LogP contribution >= 0.6 is 0 Å². The van der Waals surface area contributed by atoms with Gasteiger partial charge in [-0.1, -0.05) is 19.8 Å². The third kappa shape index (κ3) is 4.02. The van der Waals surface area contributed by atoms with Crippen molar-refractivity contribution in [2.75, 3.05) is 6.54 Å². The number of halogens is 1. The number of amides is 1. The first-order valence-corrected chi connectivity index (χ1v) is 7.69. The van der Waals surface area contributed by atoms with Crippen LogP contribution in [-0.4, -0.2) is 23.4 Å². The van der Waals surface area contributed by atoms with Gasteiger partial charge in [0.05, 0.1) is 0 Å². The van der Waals surface area contributed by atoms with Gasteiger partial charge < -0.3 is 0 Å². The monoisotopic (exact) mass is 293 g/mol. The molecule has 1 aliphatic rings. The standard InChI is InChI=1S/C16H24FN3O/c1-2-5-14-6-3-4-9-20(14)11-13-10-12(16(21)19-18)7-8-15(13)17/h7-8,10,14H,2-6,9,11,18H2,1H3,(H,19,21). The van der Waals surface area contributed by atoms with Crippen molar-refractivity contribution < 1.29 is 9.18 Å². The molecule has 0 bridgehead atoms. The lowest BCUT2D eigenvalue weighted by Gasteiger charge is -2.35. The Kier molecular flexibility index (Phi) is 5.70. The van der Waals surface area contributed by atoms with E-state index in [1.807, 2.05) is 0 Å². The molecule has 21 heavy (non-hydrogen) atoms. The molecule has 1 heterocycles. The molecule has 0 saturated carbocycles. The lowest BCUT2D eigenvalue weighted by molar-refractivity contribution is 0.0953. The average Bonchev–Trinajstić information content (AvgIpc) is 2.51. The minimum Gasteiger partial charge on any atom is -0.296 e. The van der Waals surface area contributed by atoms with E-state index in [4.69, 9.17) is 5.84 Å². The molecule has 0 radical (unpaired) electrons. The molecule has 1 unspecified atom stereocenters. The average molecular weight is 293 g/mol. The fourth-order valence-electron chi connectivity index (χ4n) is 3.07. The number of nitrogens with one attached hydrogen (secondary N) is 1. The van der Waals surface area contributed by atoms with E-state index in [0.29, 0.717) is 23.7 Å². The molecule has 4 nitrogen and oxygen atoms in total. The maximum Gasteiger partial charge on any atom is 0.265 e. The molecule has 0 spiro atoms. The number of rotatable bonds is 5. The molecule has 1 amide bonds. The molecule has 1 aliphatic heterocycles. The van der Waals surface area contributed by atoms with Gasteiger partial charge in [0, 0.05) is 23.7 Å². The van der Waals surface area contributed by atoms with Gasteiger partial charge in [-0.3, -0.25) is 15.1 Å². The molecule has 2 rings (SSSR count). The van der Waals surface area contributed by atoms with Crippen molar-refractivity contribution in [3.8, 4) is 0 Å². The zero-order valence-corrected chi connectivity index (χ0v) is 12.6. The van der Waals surface area contributed by atoms with Gasteiger partial charge in [-0.15, -0.1) is 0 Å². The van der Waals surface area contributed by atoms with Gasteiger partial charge in [0.15, 0.2) is 0 Å². The van der Waals surface area contributed by atoms with Crippen molar-refractivity contribution in [3.05, 3.63) is 35.1 Å². The largest absolute Gasteiger partial charge is 0.296 e. The molecule has 5 heteroatoms. The molecule has 1 aromatic rings. The second kappa shape index (κ2) is 7.52. The minimum atomic E-state index is -0.389. The van der Waals surface area contributed by atoms with Gasteiger partial charge in [-0.25, -0.2) is 10.2 Å². The first-order chi connectivity index (χ1) is 10.2. The van der Waals surface area contributed by atoms with Crippen LogP contribution in [0.2, 0.25) is 0 Å². The van der Waals surface area contributed by atoms with Crippen molar-refractivity contribution in [2.45, 2.75) is 51.6 Å². The zero-order chi connectivity index (χ0) is 15.2. The highest BCUT2D eigenvalue weighted by Gasteiger charge is 2.22. The van der Waals surface area contributed by atoms with Crippen LogP contribution in [0, 0.1) is 5.82 Å². The number of nitrogens with two attached hydrogens (primary N) is 1. The third-order valence-electron chi connectivity index (χ3n) is 4.18. The topological polar surface area (TPSA) is 58.4 Å². The SMILES string of the molecule is CCCC1CCCCN1Cc1cc(C(=O)NN)ccc1F. The summed E-state index contributed by atoms with van der Waals surface area (Å²) in [4.78, 5) is 13.9. The normalized spacial score (nSPS) is 19.5. The summed E-state index contributed by atoms with van der Waals surface area (Å²) in [6, 6.07) is 4.93. The highest BCUT2D eigenvalue weighted by atomic mass is 19.1. The van der Waals surface area contributed by atoms with Crippen LogP contribution in [0.5, 0.6) is 0 Å². The highest BCUT2D eigenvalue weighted by molar-refractivity contribution is 5.93. The predicted molar refractivity (Wildman–Crippen MR) is 81.0 cm³/mol. The van der Waals surface area contributed by atoms with Crippen LogP contribution in [0.1, 0.15) is 54.9 Å². The summed E-state index contributed by atoms with van der Waals surface area (Å²) in [6.45, 7) is 3.74. The fraction of sp³-hybridized carbons (Fsp3) is 0.562. The van der Waals surface area contributed by atoms with Crippen molar-refractivity contribution in [3.63, 3.8) is 0 Å². The molecule has 3 N–H and O–H groups in total. The van der Waals surface area contributed by atoms with Crippen LogP contribution < -0.4 is 11.3 Å². The van der Waals surface area contributed by atoms with Gasteiger partial charge in [-0.2, -0.15) is 0 Å². The molecule has 0 aliphatic carbocycles. The summed E-state index contributed by atoms with van der Waals surface area (Å²) in [5.74, 6) is 4.49. The van der Waals surface area contributed by atoms with Gasteiger partial charge in [0.1, 0.15) is 5.82 Å². The van der Waals surface area contributed by atoms with E-state index < -0.39 is 0 Å². The summed E-state index contributed by atoms with van der Waals surface area (Å²) in [5, 5.41) is 0. The number of carbonyl (C=O) groups excluding carboxylic acids is 1. The Labute approximate surface area is 125 Å². The Hall–Kier alpha value is -1.46. The molecular weight excluding hydrogens is 269 g/mol. The van der Waals surface area contributed by atoms with Crippen LogP contribution in [0.25, 0.3) is 0 Å². The van der Waals surface area contributed by atoms with Gasteiger partial charge in [0.25, 0.3) is 5.91 Å². The Balaban J connectivity index is 2.15. The second-order valence-electron chi connectivity index (χ2n) is 5.69. The van der Waals surface area contributed by atoms with Crippen molar-refractivity contribution in [1.29, 1.82) is 0 Å². The van der Waals surface area contributed by atoms with E-state index in [-0.39, 0.29) is 11.7 Å². The van der Waals surface area contributed by atoms with Gasteiger partial charge in [-0.05, 0) is 44.0 Å². The first kappa shape index (κ1) is 15.9. The zero-order valence-electron chi connectivity index (χ0n) is 12.6. The smallest absolute Gasteiger partial charge is 0.265 e. The van der Waals surface area contributed by atoms with Gasteiger partial charge in [0.2, 0.25) is 0 Å². The second-order valence-corrected chi connectivity index (χ2v) is 5.69. The number of likely N-dealkylation sites (tertiary alicyclic amines) is 1. The van der Waals surface area contributed by atoms with Crippen molar-refractivity contribution in [2.24, 2.45) is 5.84 Å². The Morgan fingerprint density at radius 2 is 2.29 bits per heavy atom. The Bertz CT molecular complexity index is 490. The number of carbonyl (C=O) groups is 1. The number of hydrogen-bond donors (Lipinski definition) is 2. The summed E-state index contributed by atoms with van der Waals surface area (Å²) in [7, 11) is 0. The molecular formula is C16H24FN3O. The fourth-order valence-corrected chi connectivity index (χ4v) is 3.07. The van der Waals surface area contributed by atoms with Gasteiger partial charge >= 0.3 is 0 Å². The Morgan fingerprint density at radius 1 is 1.48 bits per heavy atom. The summed E-state index contributed by atoms with van der Waals surface area (Å²) in [6.07, 6.45) is 5.87. The highest BCUT2D eigenvalue weighted by Crippen LogP contribution is 2.24.